The summed E-state index contributed by atoms with van der Waals surface area (Å²) < 4.78 is 24.6. The monoisotopic (exact) mass is 546 g/mol. The molecule has 2 aliphatic rings. The van der Waals surface area contributed by atoms with Gasteiger partial charge in [-0.25, -0.2) is 8.89 Å². The lowest BCUT2D eigenvalue weighted by Gasteiger charge is -2.23. The topological polar surface area (TPSA) is 138 Å². The molecule has 5 rings (SSSR count). The van der Waals surface area contributed by atoms with E-state index < -0.39 is 15.6 Å². The van der Waals surface area contributed by atoms with Gasteiger partial charge in [-0.2, -0.15) is 19.7 Å². The molecule has 0 spiro atoms. The predicted octanol–water partition coefficient (Wildman–Crippen LogP) is 4.26. The highest BCUT2D eigenvalue weighted by atomic mass is 32.2. The lowest BCUT2D eigenvalue weighted by atomic mass is 10.0. The Morgan fingerprint density at radius 2 is 2.05 bits per heavy atom. The molecule has 1 N–H and O–H groups in total. The molecule has 0 fully saturated rings. The molecule has 11 nitrogen and oxygen atoms in total. The van der Waals surface area contributed by atoms with Gasteiger partial charge in [0, 0.05) is 47.1 Å². The molecule has 0 saturated carbocycles. The first kappa shape index (κ1) is 26.4. The summed E-state index contributed by atoms with van der Waals surface area (Å²) in [5.74, 6) is 0.734. The van der Waals surface area contributed by atoms with E-state index in [1.165, 1.54) is 12.5 Å². The van der Waals surface area contributed by atoms with Crippen LogP contribution in [0.25, 0.3) is 11.3 Å². The summed E-state index contributed by atoms with van der Waals surface area (Å²) in [6.45, 7) is 5.01. The summed E-state index contributed by atoms with van der Waals surface area (Å²) in [4.78, 5) is 24.5. The van der Waals surface area contributed by atoms with Gasteiger partial charge in [-0.3, -0.25) is 9.78 Å². The highest BCUT2D eigenvalue weighted by Gasteiger charge is 2.30. The van der Waals surface area contributed by atoms with Crippen molar-refractivity contribution in [2.45, 2.75) is 26.7 Å². The molecule has 0 radical (unpaired) electrons. The van der Waals surface area contributed by atoms with Crippen LogP contribution in [0.1, 0.15) is 41.4 Å². The minimum atomic E-state index is -2.50. The number of aryl methyl sites for hydroxylation is 2. The van der Waals surface area contributed by atoms with Crippen LogP contribution in [0, 0.1) is 24.2 Å². The van der Waals surface area contributed by atoms with Crippen molar-refractivity contribution in [1.82, 2.24) is 14.8 Å². The van der Waals surface area contributed by atoms with Crippen LogP contribution in [-0.4, -0.2) is 56.5 Å². The molecule has 4 heterocycles. The van der Waals surface area contributed by atoms with Gasteiger partial charge in [0.05, 0.1) is 46.7 Å². The number of amides is 1. The van der Waals surface area contributed by atoms with Crippen LogP contribution in [0.4, 0.5) is 17.1 Å². The Kier molecular flexibility index (Phi) is 6.86. The van der Waals surface area contributed by atoms with Gasteiger partial charge in [0.25, 0.3) is 5.91 Å². The maximum atomic E-state index is 13.5. The summed E-state index contributed by atoms with van der Waals surface area (Å²) in [6, 6.07) is 8.93. The van der Waals surface area contributed by atoms with E-state index in [4.69, 9.17) is 4.74 Å². The number of fused-ring (bicyclic) bond motifs is 7. The minimum Gasteiger partial charge on any atom is -0.477 e. The molecule has 39 heavy (non-hydrogen) atoms. The van der Waals surface area contributed by atoms with Crippen LogP contribution in [0.5, 0.6) is 5.88 Å². The average molecular weight is 547 g/mol. The highest BCUT2D eigenvalue weighted by Crippen LogP contribution is 2.39. The van der Waals surface area contributed by atoms with Gasteiger partial charge in [0.1, 0.15) is 6.07 Å². The van der Waals surface area contributed by atoms with Crippen molar-refractivity contribution < 1.29 is 13.7 Å². The molecule has 2 aliphatic heterocycles. The Balaban J connectivity index is 1.63. The first-order chi connectivity index (χ1) is 18.5. The normalized spacial score (nSPS) is 18.7. The van der Waals surface area contributed by atoms with Crippen LogP contribution >= 0.6 is 0 Å². The van der Waals surface area contributed by atoms with Gasteiger partial charge >= 0.3 is 0 Å². The van der Waals surface area contributed by atoms with Crippen LogP contribution in [-0.2, 0) is 16.8 Å². The SMILES string of the molecule is Cc1cc2cc(n1)-c1cnn(C)c1OCCCC(C)CN1/C(=N/C2=O)Nc2cc(C#N)c(N=S(C)(C)=O)cc21. The summed E-state index contributed by atoms with van der Waals surface area (Å²) in [5, 5.41) is 17.3. The lowest BCUT2D eigenvalue weighted by molar-refractivity contribution is 0.100. The largest absolute Gasteiger partial charge is 0.477 e. The van der Waals surface area contributed by atoms with Crippen molar-refractivity contribution in [3.63, 3.8) is 0 Å². The number of rotatable bonds is 1. The number of nitrogens with zero attached hydrogens (tertiary/aromatic N) is 7. The number of nitrogens with one attached hydrogen (secondary N) is 1. The smallest absolute Gasteiger partial charge is 0.280 e. The first-order valence-corrected chi connectivity index (χ1v) is 14.9. The molecular weight excluding hydrogens is 516 g/mol. The van der Waals surface area contributed by atoms with Crippen LogP contribution < -0.4 is 15.0 Å². The second-order valence-electron chi connectivity index (χ2n) is 10.2. The maximum Gasteiger partial charge on any atom is 0.280 e. The summed E-state index contributed by atoms with van der Waals surface area (Å²) in [6.07, 6.45) is 6.41. The lowest BCUT2D eigenvalue weighted by Crippen LogP contribution is -2.35. The molecular formula is C27H30N8O3S. The third kappa shape index (κ3) is 5.49. The zero-order valence-electron chi connectivity index (χ0n) is 22.6. The third-order valence-electron chi connectivity index (χ3n) is 6.49. The number of pyridine rings is 1. The maximum absolute atomic E-state index is 13.5. The van der Waals surface area contributed by atoms with Crippen molar-refractivity contribution in [2.24, 2.45) is 22.3 Å². The molecule has 12 heteroatoms. The zero-order valence-corrected chi connectivity index (χ0v) is 23.4. The average Bonchev–Trinajstić information content (AvgIpc) is 3.38. The van der Waals surface area contributed by atoms with E-state index >= 15 is 0 Å². The van der Waals surface area contributed by atoms with Crippen molar-refractivity contribution in [3.8, 4) is 23.2 Å². The molecule has 0 aliphatic carbocycles. The number of carbonyl (C=O) groups excluding carboxylic acids is 1. The van der Waals surface area contributed by atoms with E-state index in [1.807, 2.05) is 18.9 Å². The number of anilines is 2. The van der Waals surface area contributed by atoms with Gasteiger partial charge in [-0.15, -0.1) is 0 Å². The number of aromatic nitrogens is 3. The van der Waals surface area contributed by atoms with Crippen LogP contribution in [0.3, 0.4) is 0 Å². The highest BCUT2D eigenvalue weighted by molar-refractivity contribution is 7.92. The van der Waals surface area contributed by atoms with E-state index in [0.29, 0.717) is 64.4 Å². The van der Waals surface area contributed by atoms with Crippen molar-refractivity contribution in [1.29, 1.82) is 5.26 Å². The molecule has 3 aromatic rings. The number of guanidine groups is 1. The molecule has 1 amide bonds. The summed E-state index contributed by atoms with van der Waals surface area (Å²) in [5.41, 5.74) is 4.33. The molecule has 0 saturated heterocycles. The van der Waals surface area contributed by atoms with Crippen molar-refractivity contribution in [3.05, 3.63) is 47.3 Å². The second-order valence-corrected chi connectivity index (χ2v) is 12.8. The van der Waals surface area contributed by atoms with E-state index in [2.05, 4.69) is 37.7 Å². The standard InChI is InChI=1S/C27H30N8O3S/c1-16-7-6-8-38-26-20(14-29-34(26)3)22-10-18(9-17(2)30-22)25(36)32-27-31-23-11-19(13-28)21(33-39(4,5)37)12-24(23)35(27)15-16/h9-12,14,16H,6-8,15H2,1-5H3,(H,31,32,36). The molecule has 1 atom stereocenters. The van der Waals surface area contributed by atoms with E-state index in [9.17, 15) is 14.3 Å². The number of ether oxygens (including phenoxy) is 1. The Morgan fingerprint density at radius 3 is 2.79 bits per heavy atom. The molecule has 1 aromatic carbocycles. The number of nitriles is 1. The Morgan fingerprint density at radius 1 is 1.26 bits per heavy atom. The summed E-state index contributed by atoms with van der Waals surface area (Å²) >= 11 is 0. The van der Waals surface area contributed by atoms with E-state index in [0.717, 1.165) is 18.5 Å². The van der Waals surface area contributed by atoms with Crippen molar-refractivity contribution in [2.75, 3.05) is 35.9 Å². The van der Waals surface area contributed by atoms with Gasteiger partial charge in [-0.05, 0) is 49.9 Å². The molecule has 1 unspecified atom stereocenters. The first-order valence-electron chi connectivity index (χ1n) is 12.6. The number of benzene rings is 1. The predicted molar refractivity (Wildman–Crippen MR) is 151 cm³/mol. The molecule has 2 aromatic heterocycles. The van der Waals surface area contributed by atoms with Crippen LogP contribution in [0.15, 0.2) is 39.8 Å². The van der Waals surface area contributed by atoms with Gasteiger partial charge in [0.2, 0.25) is 11.8 Å². The van der Waals surface area contributed by atoms with Gasteiger partial charge in [-0.1, -0.05) is 6.92 Å². The number of hydrogen-bond donors (Lipinski definition) is 1. The fourth-order valence-corrected chi connectivity index (χ4v) is 5.37. The van der Waals surface area contributed by atoms with E-state index in [-0.39, 0.29) is 5.92 Å². The fourth-order valence-electron chi connectivity index (χ4n) is 4.75. The second kappa shape index (κ2) is 10.1. The quantitative estimate of drug-likeness (QED) is 0.478. The Hall–Kier alpha value is -4.24. The van der Waals surface area contributed by atoms with Gasteiger partial charge < -0.3 is 15.0 Å². The van der Waals surface area contributed by atoms with Crippen molar-refractivity contribution >= 4 is 38.7 Å². The molecule has 2 bridgehead atoms. The Labute approximate surface area is 227 Å². The Bertz CT molecular complexity index is 1670. The van der Waals surface area contributed by atoms with E-state index in [1.54, 1.807) is 35.1 Å². The number of carbonyl (C=O) groups is 1. The van der Waals surface area contributed by atoms with Gasteiger partial charge in [0.15, 0.2) is 0 Å². The number of hydrogen-bond acceptors (Lipinski definition) is 9. The zero-order chi connectivity index (χ0) is 27.9. The fraction of sp³-hybridized carbons (Fsp3) is 0.370. The number of aliphatic imine (C=N–C) groups is 1. The van der Waals surface area contributed by atoms with Crippen LogP contribution in [0.2, 0.25) is 0 Å². The minimum absolute atomic E-state index is 0.209. The molecule has 202 valence electrons. The summed E-state index contributed by atoms with van der Waals surface area (Å²) in [7, 11) is -0.686. The third-order valence-corrected chi connectivity index (χ3v) is 7.12.